The summed E-state index contributed by atoms with van der Waals surface area (Å²) >= 11 is 0. The van der Waals surface area contributed by atoms with Gasteiger partial charge in [-0.3, -0.25) is 14.4 Å². The summed E-state index contributed by atoms with van der Waals surface area (Å²) < 4.78 is 27.1. The van der Waals surface area contributed by atoms with E-state index in [-0.39, 0.29) is 25.9 Å². The van der Waals surface area contributed by atoms with Crippen molar-refractivity contribution in [3.63, 3.8) is 0 Å². The molecule has 1 heterocycles. The molecule has 1 aliphatic heterocycles. The van der Waals surface area contributed by atoms with E-state index in [2.05, 4.69) is 0 Å². The first-order chi connectivity index (χ1) is 12.5. The number of hydrogen-bond donors (Lipinski definition) is 0. The lowest BCUT2D eigenvalue weighted by Gasteiger charge is -2.40. The van der Waals surface area contributed by atoms with Crippen molar-refractivity contribution in [2.45, 2.75) is 83.9 Å². The lowest BCUT2D eigenvalue weighted by molar-refractivity contribution is -0.275. The largest absolute Gasteiger partial charge is 0.456 e. The van der Waals surface area contributed by atoms with Crippen molar-refractivity contribution in [2.75, 3.05) is 13.7 Å². The second-order valence-electron chi connectivity index (χ2n) is 6.12. The molecule has 4 atom stereocenters. The topological polar surface area (TPSA) is 97.4 Å². The van der Waals surface area contributed by atoms with Crippen molar-refractivity contribution in [1.82, 2.24) is 0 Å². The molecule has 26 heavy (non-hydrogen) atoms. The van der Waals surface area contributed by atoms with Gasteiger partial charge in [0.05, 0.1) is 6.61 Å². The smallest absolute Gasteiger partial charge is 0.306 e. The SMILES string of the molecule is CCCC(=O)OC1COC(OC)C(OC(=O)CCC)C1OC(=O)CCC. The Bertz CT molecular complexity index is 464. The van der Waals surface area contributed by atoms with Crippen LogP contribution >= 0.6 is 0 Å². The average Bonchev–Trinajstić information content (AvgIpc) is 2.58. The highest BCUT2D eigenvalue weighted by atomic mass is 16.7. The number of esters is 3. The molecule has 8 heteroatoms. The Morgan fingerprint density at radius 3 is 1.73 bits per heavy atom. The summed E-state index contributed by atoms with van der Waals surface area (Å²) in [6.07, 6.45) is -1.25. The van der Waals surface area contributed by atoms with Crippen molar-refractivity contribution >= 4 is 17.9 Å². The van der Waals surface area contributed by atoms with E-state index in [4.69, 9.17) is 23.7 Å². The van der Waals surface area contributed by atoms with Gasteiger partial charge in [0.25, 0.3) is 0 Å². The highest BCUT2D eigenvalue weighted by Crippen LogP contribution is 2.26. The number of hydrogen-bond acceptors (Lipinski definition) is 8. The lowest BCUT2D eigenvalue weighted by Crippen LogP contribution is -2.58. The minimum atomic E-state index is -1.01. The van der Waals surface area contributed by atoms with Gasteiger partial charge in [0.2, 0.25) is 0 Å². The van der Waals surface area contributed by atoms with Crippen LogP contribution in [0.4, 0.5) is 0 Å². The normalized spacial score (nSPS) is 25.4. The average molecular weight is 374 g/mol. The number of ether oxygens (including phenoxy) is 5. The predicted octanol–water partition coefficient (Wildman–Crippen LogP) is 2.12. The maximum atomic E-state index is 12.0. The van der Waals surface area contributed by atoms with Crippen LogP contribution < -0.4 is 0 Å². The summed E-state index contributed by atoms with van der Waals surface area (Å²) in [6, 6.07) is 0. The van der Waals surface area contributed by atoms with Crippen LogP contribution in [0.25, 0.3) is 0 Å². The fourth-order valence-corrected chi connectivity index (χ4v) is 2.58. The van der Waals surface area contributed by atoms with Crippen molar-refractivity contribution in [2.24, 2.45) is 0 Å². The van der Waals surface area contributed by atoms with Gasteiger partial charge < -0.3 is 23.7 Å². The van der Waals surface area contributed by atoms with Crippen LogP contribution in [0, 0.1) is 0 Å². The van der Waals surface area contributed by atoms with E-state index in [1.54, 1.807) is 0 Å². The summed E-state index contributed by atoms with van der Waals surface area (Å²) in [4.78, 5) is 35.9. The summed E-state index contributed by atoms with van der Waals surface area (Å²) in [5, 5.41) is 0. The molecule has 150 valence electrons. The Labute approximate surface area is 154 Å². The Kier molecular flexibility index (Phi) is 10.2. The van der Waals surface area contributed by atoms with Gasteiger partial charge in [-0.05, 0) is 19.3 Å². The molecule has 8 nitrogen and oxygen atoms in total. The van der Waals surface area contributed by atoms with Gasteiger partial charge in [0, 0.05) is 26.4 Å². The molecular formula is C18H30O8. The number of rotatable bonds is 10. The molecule has 1 rings (SSSR count). The molecule has 0 aromatic carbocycles. The monoisotopic (exact) mass is 374 g/mol. The van der Waals surface area contributed by atoms with E-state index >= 15 is 0 Å². The number of carbonyl (C=O) groups is 3. The molecule has 1 saturated heterocycles. The molecular weight excluding hydrogens is 344 g/mol. The summed E-state index contributed by atoms with van der Waals surface area (Å²) in [6.45, 7) is 5.54. The minimum absolute atomic E-state index is 0.0140. The zero-order valence-corrected chi connectivity index (χ0v) is 16.0. The Balaban J connectivity index is 2.98. The van der Waals surface area contributed by atoms with Gasteiger partial charge in [0.15, 0.2) is 24.6 Å². The molecule has 4 unspecified atom stereocenters. The van der Waals surface area contributed by atoms with E-state index in [0.29, 0.717) is 19.3 Å². The first kappa shape index (κ1) is 22.4. The van der Waals surface area contributed by atoms with Crippen LogP contribution in [0.1, 0.15) is 59.3 Å². The van der Waals surface area contributed by atoms with Gasteiger partial charge in [-0.25, -0.2) is 0 Å². The highest BCUT2D eigenvalue weighted by Gasteiger charge is 2.47. The summed E-state index contributed by atoms with van der Waals surface area (Å²) in [5.41, 5.74) is 0. The third-order valence-corrected chi connectivity index (χ3v) is 3.80. The van der Waals surface area contributed by atoms with Crippen molar-refractivity contribution in [3.8, 4) is 0 Å². The van der Waals surface area contributed by atoms with Gasteiger partial charge in [0.1, 0.15) is 0 Å². The number of carbonyl (C=O) groups excluding carboxylic acids is 3. The molecule has 0 aromatic heterocycles. The maximum absolute atomic E-state index is 12.0. The van der Waals surface area contributed by atoms with Gasteiger partial charge in [-0.1, -0.05) is 20.8 Å². The zero-order chi connectivity index (χ0) is 19.5. The first-order valence-corrected chi connectivity index (χ1v) is 9.19. The molecule has 0 amide bonds. The highest BCUT2D eigenvalue weighted by molar-refractivity contribution is 5.71. The third-order valence-electron chi connectivity index (χ3n) is 3.80. The fraction of sp³-hybridized carbons (Fsp3) is 0.833. The van der Waals surface area contributed by atoms with Crippen LogP contribution in [0.5, 0.6) is 0 Å². The van der Waals surface area contributed by atoms with E-state index in [1.807, 2.05) is 20.8 Å². The van der Waals surface area contributed by atoms with Gasteiger partial charge in [-0.15, -0.1) is 0 Å². The molecule has 0 aliphatic carbocycles. The van der Waals surface area contributed by atoms with Gasteiger partial charge >= 0.3 is 17.9 Å². The molecule has 0 radical (unpaired) electrons. The van der Waals surface area contributed by atoms with Crippen LogP contribution in [0.15, 0.2) is 0 Å². The second-order valence-corrected chi connectivity index (χ2v) is 6.12. The van der Waals surface area contributed by atoms with E-state index in [1.165, 1.54) is 7.11 Å². The fourth-order valence-electron chi connectivity index (χ4n) is 2.58. The Hall–Kier alpha value is -1.67. The van der Waals surface area contributed by atoms with Crippen LogP contribution in [0.3, 0.4) is 0 Å². The second kappa shape index (κ2) is 11.9. The minimum Gasteiger partial charge on any atom is -0.456 e. The molecule has 0 saturated carbocycles. The third kappa shape index (κ3) is 6.92. The summed E-state index contributed by atoms with van der Waals surface area (Å²) in [7, 11) is 1.40. The van der Waals surface area contributed by atoms with E-state index in [0.717, 1.165) is 0 Å². The predicted molar refractivity (Wildman–Crippen MR) is 91.1 cm³/mol. The van der Waals surface area contributed by atoms with Crippen molar-refractivity contribution in [3.05, 3.63) is 0 Å². The number of methoxy groups -OCH3 is 1. The maximum Gasteiger partial charge on any atom is 0.306 e. The Morgan fingerprint density at radius 1 is 0.808 bits per heavy atom. The zero-order valence-electron chi connectivity index (χ0n) is 16.0. The quantitative estimate of drug-likeness (QED) is 0.424. The molecule has 0 aromatic rings. The van der Waals surface area contributed by atoms with Crippen LogP contribution in [0.2, 0.25) is 0 Å². The lowest BCUT2D eigenvalue weighted by atomic mass is 10.0. The van der Waals surface area contributed by atoms with Crippen LogP contribution in [-0.2, 0) is 38.1 Å². The molecule has 1 fully saturated rings. The van der Waals surface area contributed by atoms with Crippen molar-refractivity contribution < 1.29 is 38.1 Å². The summed E-state index contributed by atoms with van der Waals surface area (Å²) in [5.74, 6) is -1.34. The van der Waals surface area contributed by atoms with Gasteiger partial charge in [-0.2, -0.15) is 0 Å². The Morgan fingerprint density at radius 2 is 1.27 bits per heavy atom. The van der Waals surface area contributed by atoms with E-state index in [9.17, 15) is 14.4 Å². The molecule has 0 spiro atoms. The van der Waals surface area contributed by atoms with Crippen molar-refractivity contribution in [1.29, 1.82) is 0 Å². The molecule has 0 N–H and O–H groups in total. The first-order valence-electron chi connectivity index (χ1n) is 9.19. The standard InChI is InChI=1S/C18H30O8/c1-5-8-13(19)24-12-11-23-18(22-4)17(26-15(21)10-7-3)16(12)25-14(20)9-6-2/h12,16-18H,5-11H2,1-4H3. The molecule has 1 aliphatic rings. The van der Waals surface area contributed by atoms with E-state index < -0.39 is 42.5 Å². The van der Waals surface area contributed by atoms with Crippen LogP contribution in [-0.4, -0.2) is 56.2 Å². The molecule has 0 bridgehead atoms.